The second-order valence-electron chi connectivity index (χ2n) is 7.25. The molecule has 0 atom stereocenters. The Balaban J connectivity index is 1.34. The summed E-state index contributed by atoms with van der Waals surface area (Å²) in [6, 6.07) is 13.2. The number of aromatic amines is 1. The lowest BCUT2D eigenvalue weighted by Crippen LogP contribution is -2.26. The van der Waals surface area contributed by atoms with Gasteiger partial charge in [0.1, 0.15) is 11.0 Å². The third-order valence-electron chi connectivity index (χ3n) is 5.15. The van der Waals surface area contributed by atoms with Crippen LogP contribution in [0, 0.1) is 0 Å². The van der Waals surface area contributed by atoms with Crippen LogP contribution in [0.1, 0.15) is 5.56 Å². The van der Waals surface area contributed by atoms with Crippen LogP contribution in [0.25, 0.3) is 21.9 Å². The topological polar surface area (TPSA) is 98.2 Å². The summed E-state index contributed by atoms with van der Waals surface area (Å²) >= 11 is 1.22. The van der Waals surface area contributed by atoms with E-state index in [4.69, 9.17) is 14.5 Å². The summed E-state index contributed by atoms with van der Waals surface area (Å²) in [5, 5.41) is 4.24. The molecule has 9 heteroatoms. The summed E-state index contributed by atoms with van der Waals surface area (Å²) in [6.07, 6.45) is 1.64. The Morgan fingerprint density at radius 1 is 1.25 bits per heavy atom. The maximum atomic E-state index is 13.1. The van der Waals surface area contributed by atoms with Gasteiger partial charge in [0, 0.05) is 24.0 Å². The minimum absolute atomic E-state index is 0.127. The molecule has 1 aliphatic rings. The van der Waals surface area contributed by atoms with Crippen LogP contribution in [0.15, 0.2) is 65.1 Å². The lowest BCUT2D eigenvalue weighted by Gasteiger charge is -2.10. The summed E-state index contributed by atoms with van der Waals surface area (Å²) < 4.78 is 12.2. The maximum Gasteiger partial charge on any atom is 0.278 e. The Morgan fingerprint density at radius 3 is 2.97 bits per heavy atom. The number of rotatable bonds is 7. The van der Waals surface area contributed by atoms with Crippen molar-refractivity contribution in [2.24, 2.45) is 0 Å². The van der Waals surface area contributed by atoms with Crippen molar-refractivity contribution < 1.29 is 14.3 Å². The zero-order chi connectivity index (χ0) is 22.1. The average Bonchev–Trinajstić information content (AvgIpc) is 3.42. The summed E-state index contributed by atoms with van der Waals surface area (Å²) in [7, 11) is 0. The molecule has 0 fully saturated rings. The molecule has 32 heavy (non-hydrogen) atoms. The molecule has 2 N–H and O–H groups in total. The van der Waals surface area contributed by atoms with Crippen LogP contribution < -0.4 is 20.3 Å². The van der Waals surface area contributed by atoms with Gasteiger partial charge in [-0.3, -0.25) is 14.2 Å². The van der Waals surface area contributed by atoms with Gasteiger partial charge < -0.3 is 19.8 Å². The standard InChI is InChI=1S/C23H20N4O4S/c1-2-9-27-22(29)21-20(15-5-3-4-6-16(15)25-21)26-23(27)32-12-19(28)24-11-14-7-8-17-18(10-14)31-13-30-17/h2-8,10,25H,1,9,11-13H2,(H,24,28). The van der Waals surface area contributed by atoms with E-state index in [0.29, 0.717) is 40.8 Å². The van der Waals surface area contributed by atoms with Gasteiger partial charge in [0.25, 0.3) is 5.56 Å². The number of H-pyrrole nitrogens is 1. The number of carbonyl (C=O) groups is 1. The van der Waals surface area contributed by atoms with E-state index in [9.17, 15) is 9.59 Å². The van der Waals surface area contributed by atoms with Gasteiger partial charge in [0.2, 0.25) is 12.7 Å². The van der Waals surface area contributed by atoms with Crippen LogP contribution in [0.4, 0.5) is 0 Å². The quantitative estimate of drug-likeness (QED) is 0.256. The number of hydrogen-bond donors (Lipinski definition) is 2. The van der Waals surface area contributed by atoms with Gasteiger partial charge in [-0.25, -0.2) is 4.98 Å². The van der Waals surface area contributed by atoms with Crippen LogP contribution in [0.2, 0.25) is 0 Å². The molecule has 3 heterocycles. The normalized spacial score (nSPS) is 12.4. The van der Waals surface area contributed by atoms with E-state index in [1.54, 1.807) is 6.08 Å². The Kier molecular flexibility index (Phi) is 5.32. The number of thioether (sulfide) groups is 1. The molecule has 5 rings (SSSR count). The molecular formula is C23H20N4O4S. The fraction of sp³-hybridized carbons (Fsp3) is 0.174. The number of allylic oxidation sites excluding steroid dienone is 1. The second-order valence-corrected chi connectivity index (χ2v) is 8.19. The monoisotopic (exact) mass is 448 g/mol. The van der Waals surface area contributed by atoms with Crippen LogP contribution in [-0.4, -0.2) is 33.0 Å². The van der Waals surface area contributed by atoms with Crippen LogP contribution in [0.5, 0.6) is 11.5 Å². The SMILES string of the molecule is C=CCn1c(SCC(=O)NCc2ccc3c(c2)OCO3)nc2c([nH]c3ccccc32)c1=O. The molecule has 0 spiro atoms. The van der Waals surface area contributed by atoms with Crippen molar-refractivity contribution in [2.75, 3.05) is 12.5 Å². The highest BCUT2D eigenvalue weighted by Gasteiger charge is 2.17. The molecular weight excluding hydrogens is 428 g/mol. The fourth-order valence-electron chi connectivity index (χ4n) is 3.61. The molecule has 0 bridgehead atoms. The minimum atomic E-state index is -0.186. The van der Waals surface area contributed by atoms with Gasteiger partial charge in [0.15, 0.2) is 16.7 Å². The number of ether oxygens (including phenoxy) is 2. The number of benzene rings is 2. The molecule has 1 amide bonds. The van der Waals surface area contributed by atoms with Crippen molar-refractivity contribution >= 4 is 39.6 Å². The van der Waals surface area contributed by atoms with Crippen molar-refractivity contribution in [1.82, 2.24) is 19.9 Å². The molecule has 2 aromatic carbocycles. The van der Waals surface area contributed by atoms with E-state index >= 15 is 0 Å². The van der Waals surface area contributed by atoms with Crippen LogP contribution in [-0.2, 0) is 17.9 Å². The molecule has 0 radical (unpaired) electrons. The van der Waals surface area contributed by atoms with Crippen LogP contribution >= 0.6 is 11.8 Å². The van der Waals surface area contributed by atoms with Gasteiger partial charge in [-0.05, 0) is 23.8 Å². The predicted molar refractivity (Wildman–Crippen MR) is 123 cm³/mol. The van der Waals surface area contributed by atoms with Gasteiger partial charge in [-0.2, -0.15) is 0 Å². The molecule has 0 saturated heterocycles. The molecule has 2 aromatic heterocycles. The number of aromatic nitrogens is 3. The van der Waals surface area contributed by atoms with Crippen molar-refractivity contribution in [3.05, 3.63) is 71.0 Å². The van der Waals surface area contributed by atoms with Crippen molar-refractivity contribution in [3.63, 3.8) is 0 Å². The zero-order valence-corrected chi connectivity index (χ0v) is 17.9. The maximum absolute atomic E-state index is 13.1. The highest BCUT2D eigenvalue weighted by Crippen LogP contribution is 2.32. The second kappa shape index (κ2) is 8.43. The van der Waals surface area contributed by atoms with E-state index in [2.05, 4.69) is 16.9 Å². The van der Waals surface area contributed by atoms with Crippen LogP contribution in [0.3, 0.4) is 0 Å². The van der Waals surface area contributed by atoms with Gasteiger partial charge >= 0.3 is 0 Å². The lowest BCUT2D eigenvalue weighted by molar-refractivity contribution is -0.118. The first-order valence-corrected chi connectivity index (χ1v) is 11.0. The smallest absolute Gasteiger partial charge is 0.278 e. The number of fused-ring (bicyclic) bond motifs is 4. The molecule has 1 aliphatic heterocycles. The number of nitrogens with one attached hydrogen (secondary N) is 2. The first-order valence-electron chi connectivity index (χ1n) is 10.0. The molecule has 0 aliphatic carbocycles. The highest BCUT2D eigenvalue weighted by molar-refractivity contribution is 7.99. The molecule has 0 saturated carbocycles. The number of hydrogen-bond acceptors (Lipinski definition) is 6. The van der Waals surface area contributed by atoms with E-state index in [1.807, 2.05) is 42.5 Å². The van der Waals surface area contributed by atoms with Gasteiger partial charge in [-0.1, -0.05) is 42.1 Å². The van der Waals surface area contributed by atoms with Gasteiger partial charge in [-0.15, -0.1) is 6.58 Å². The molecule has 8 nitrogen and oxygen atoms in total. The van der Waals surface area contributed by atoms with E-state index < -0.39 is 0 Å². The summed E-state index contributed by atoms with van der Waals surface area (Å²) in [5.41, 5.74) is 2.63. The Hall–Kier alpha value is -3.72. The van der Waals surface area contributed by atoms with Crippen molar-refractivity contribution in [1.29, 1.82) is 0 Å². The third kappa shape index (κ3) is 3.71. The van der Waals surface area contributed by atoms with Gasteiger partial charge in [0.05, 0.1) is 5.75 Å². The number of carbonyl (C=O) groups excluding carboxylic acids is 1. The molecule has 162 valence electrons. The fourth-order valence-corrected chi connectivity index (χ4v) is 4.44. The molecule has 0 unspecified atom stereocenters. The summed E-state index contributed by atoms with van der Waals surface area (Å²) in [5.74, 6) is 1.35. The third-order valence-corrected chi connectivity index (χ3v) is 6.12. The number of para-hydroxylation sites is 1. The predicted octanol–water partition coefficient (Wildman–Crippen LogP) is 3.20. The number of amides is 1. The Morgan fingerprint density at radius 2 is 2.09 bits per heavy atom. The first-order chi connectivity index (χ1) is 15.6. The first kappa shape index (κ1) is 20.2. The number of nitrogens with zero attached hydrogens (tertiary/aromatic N) is 2. The lowest BCUT2D eigenvalue weighted by atomic mass is 10.2. The highest BCUT2D eigenvalue weighted by atomic mass is 32.2. The van der Waals surface area contributed by atoms with Crippen molar-refractivity contribution in [2.45, 2.75) is 18.2 Å². The van der Waals surface area contributed by atoms with E-state index in [-0.39, 0.29) is 24.0 Å². The largest absolute Gasteiger partial charge is 0.454 e. The Bertz CT molecular complexity index is 1410. The zero-order valence-electron chi connectivity index (χ0n) is 17.1. The summed E-state index contributed by atoms with van der Waals surface area (Å²) in [4.78, 5) is 33.4. The average molecular weight is 449 g/mol. The van der Waals surface area contributed by atoms with E-state index in [1.165, 1.54) is 16.3 Å². The Labute approximate surface area is 187 Å². The minimum Gasteiger partial charge on any atom is -0.454 e. The van der Waals surface area contributed by atoms with Crippen molar-refractivity contribution in [3.8, 4) is 11.5 Å². The summed E-state index contributed by atoms with van der Waals surface area (Å²) in [6.45, 7) is 4.62. The van der Waals surface area contributed by atoms with E-state index in [0.717, 1.165) is 16.5 Å². The molecule has 4 aromatic rings.